The second-order valence-corrected chi connectivity index (χ2v) is 6.77. The van der Waals surface area contributed by atoms with Crippen LogP contribution in [0.2, 0.25) is 0 Å². The van der Waals surface area contributed by atoms with Crippen LogP contribution in [0.25, 0.3) is 0 Å². The monoisotopic (exact) mass is 305 g/mol. The van der Waals surface area contributed by atoms with Gasteiger partial charge in [-0.15, -0.1) is 0 Å². The number of nitrogens with zero attached hydrogens (tertiary/aromatic N) is 1. The molecule has 0 spiro atoms. The molecule has 0 fully saturated rings. The highest BCUT2D eigenvalue weighted by molar-refractivity contribution is 7.89. The first-order valence-electron chi connectivity index (χ1n) is 6.61. The number of nitrogens with one attached hydrogen (secondary N) is 1. The summed E-state index contributed by atoms with van der Waals surface area (Å²) < 4.78 is 27.5. The molecule has 0 aliphatic rings. The molecule has 0 saturated heterocycles. The summed E-state index contributed by atoms with van der Waals surface area (Å²) in [5, 5.41) is 0. The molecule has 1 heterocycles. The van der Waals surface area contributed by atoms with Gasteiger partial charge in [0.15, 0.2) is 0 Å². The molecule has 2 aromatic rings. The lowest BCUT2D eigenvalue weighted by Crippen LogP contribution is -2.27. The van der Waals surface area contributed by atoms with E-state index in [1.165, 1.54) is 6.07 Å². The molecule has 5 nitrogen and oxygen atoms in total. The van der Waals surface area contributed by atoms with Crippen LogP contribution in [0.15, 0.2) is 41.4 Å². The third-order valence-corrected chi connectivity index (χ3v) is 4.97. The molecule has 0 aliphatic heterocycles. The Kier molecular flexibility index (Phi) is 4.29. The molecule has 1 unspecified atom stereocenters. The van der Waals surface area contributed by atoms with Crippen molar-refractivity contribution in [1.29, 1.82) is 0 Å². The maximum atomic E-state index is 12.4. The zero-order valence-corrected chi connectivity index (χ0v) is 13.1. The van der Waals surface area contributed by atoms with Crippen molar-refractivity contribution in [2.75, 3.05) is 5.73 Å². The van der Waals surface area contributed by atoms with Gasteiger partial charge >= 0.3 is 0 Å². The van der Waals surface area contributed by atoms with Crippen LogP contribution in [0.5, 0.6) is 0 Å². The predicted octanol–water partition coefficient (Wildman–Crippen LogP) is 2.32. The van der Waals surface area contributed by atoms with Gasteiger partial charge in [-0.25, -0.2) is 13.1 Å². The second-order valence-electron chi connectivity index (χ2n) is 5.05. The number of hydrogen-bond acceptors (Lipinski definition) is 4. The first-order valence-corrected chi connectivity index (χ1v) is 8.09. The summed E-state index contributed by atoms with van der Waals surface area (Å²) in [4.78, 5) is 4.33. The van der Waals surface area contributed by atoms with E-state index in [-0.39, 0.29) is 4.90 Å². The summed E-state index contributed by atoms with van der Waals surface area (Å²) in [7, 11) is -3.64. The smallest absolute Gasteiger partial charge is 0.241 e. The molecule has 112 valence electrons. The highest BCUT2D eigenvalue weighted by Gasteiger charge is 2.20. The van der Waals surface area contributed by atoms with Crippen LogP contribution in [-0.4, -0.2) is 13.4 Å². The zero-order chi connectivity index (χ0) is 15.6. The number of hydrogen-bond donors (Lipinski definition) is 2. The molecule has 1 atom stereocenters. The van der Waals surface area contributed by atoms with Crippen LogP contribution in [-0.2, 0) is 10.0 Å². The second kappa shape index (κ2) is 5.83. The van der Waals surface area contributed by atoms with E-state index in [1.54, 1.807) is 31.3 Å². The van der Waals surface area contributed by atoms with Crippen LogP contribution >= 0.6 is 0 Å². The van der Waals surface area contributed by atoms with Gasteiger partial charge in [0.2, 0.25) is 10.0 Å². The van der Waals surface area contributed by atoms with E-state index in [9.17, 15) is 8.42 Å². The number of nitrogen functional groups attached to an aromatic ring is 1. The Bertz CT molecular complexity index is 720. The van der Waals surface area contributed by atoms with Crippen LogP contribution in [0.4, 0.5) is 5.69 Å². The molecule has 3 N–H and O–H groups in total. The van der Waals surface area contributed by atoms with Crippen molar-refractivity contribution in [2.45, 2.75) is 31.7 Å². The number of nitrogens with two attached hydrogens (primary N) is 1. The first-order chi connectivity index (χ1) is 9.81. The van der Waals surface area contributed by atoms with Crippen molar-refractivity contribution in [2.24, 2.45) is 0 Å². The fourth-order valence-corrected chi connectivity index (χ4v) is 3.34. The van der Waals surface area contributed by atoms with Crippen LogP contribution in [0, 0.1) is 13.8 Å². The number of rotatable bonds is 4. The Morgan fingerprint density at radius 1 is 1.24 bits per heavy atom. The van der Waals surface area contributed by atoms with Gasteiger partial charge in [0, 0.05) is 11.9 Å². The van der Waals surface area contributed by atoms with Crippen LogP contribution in [0.1, 0.15) is 29.8 Å². The number of aryl methyl sites for hydroxylation is 1. The SMILES string of the molecule is Cc1cc(S(=O)(=O)NC(C)c2ccccn2)cc(N)c1C. The minimum absolute atomic E-state index is 0.172. The Balaban J connectivity index is 2.31. The molecule has 1 aromatic heterocycles. The van der Waals surface area contributed by atoms with Gasteiger partial charge in [-0.1, -0.05) is 6.07 Å². The predicted molar refractivity (Wildman–Crippen MR) is 83.3 cm³/mol. The van der Waals surface area contributed by atoms with Crippen molar-refractivity contribution >= 4 is 15.7 Å². The molecule has 0 bridgehead atoms. The minimum Gasteiger partial charge on any atom is -0.398 e. The third-order valence-electron chi connectivity index (χ3n) is 3.45. The lowest BCUT2D eigenvalue weighted by Gasteiger charge is -2.15. The fourth-order valence-electron chi connectivity index (χ4n) is 2.00. The molecule has 1 aromatic carbocycles. The van der Waals surface area contributed by atoms with Gasteiger partial charge < -0.3 is 5.73 Å². The molecule has 0 radical (unpaired) electrons. The molecule has 0 saturated carbocycles. The maximum absolute atomic E-state index is 12.4. The van der Waals surface area contributed by atoms with Gasteiger partial charge in [-0.05, 0) is 56.2 Å². The van der Waals surface area contributed by atoms with E-state index in [0.717, 1.165) is 11.1 Å². The molecule has 6 heteroatoms. The van der Waals surface area contributed by atoms with E-state index in [1.807, 2.05) is 19.9 Å². The number of anilines is 1. The normalized spacial score (nSPS) is 13.1. The lowest BCUT2D eigenvalue weighted by molar-refractivity contribution is 0.564. The van der Waals surface area contributed by atoms with Crippen molar-refractivity contribution in [1.82, 2.24) is 9.71 Å². The summed E-state index contributed by atoms with van der Waals surface area (Å²) >= 11 is 0. The molecular weight excluding hydrogens is 286 g/mol. The Morgan fingerprint density at radius 2 is 1.95 bits per heavy atom. The zero-order valence-electron chi connectivity index (χ0n) is 12.3. The molecule has 2 rings (SSSR count). The van der Waals surface area contributed by atoms with E-state index >= 15 is 0 Å². The van der Waals surface area contributed by atoms with E-state index in [4.69, 9.17) is 5.73 Å². The summed E-state index contributed by atoms with van der Waals surface area (Å²) in [6, 6.07) is 8.08. The van der Waals surface area contributed by atoms with Gasteiger partial charge in [0.05, 0.1) is 16.6 Å². The largest absolute Gasteiger partial charge is 0.398 e. The molecule has 0 amide bonds. The molecule has 21 heavy (non-hydrogen) atoms. The van der Waals surface area contributed by atoms with Gasteiger partial charge in [0.25, 0.3) is 0 Å². The quantitative estimate of drug-likeness (QED) is 0.849. The Hall–Kier alpha value is -1.92. The maximum Gasteiger partial charge on any atom is 0.241 e. The minimum atomic E-state index is -3.64. The van der Waals surface area contributed by atoms with Crippen molar-refractivity contribution < 1.29 is 8.42 Å². The average Bonchev–Trinajstić information content (AvgIpc) is 2.44. The molecular formula is C15H19N3O2S. The summed E-state index contributed by atoms with van der Waals surface area (Å²) in [5.41, 5.74) is 8.74. The topological polar surface area (TPSA) is 85.1 Å². The summed E-state index contributed by atoms with van der Waals surface area (Å²) in [5.74, 6) is 0. The van der Waals surface area contributed by atoms with Gasteiger partial charge in [-0.2, -0.15) is 0 Å². The summed E-state index contributed by atoms with van der Waals surface area (Å²) in [6.07, 6.45) is 1.63. The van der Waals surface area contributed by atoms with Crippen LogP contribution < -0.4 is 10.5 Å². The fraction of sp³-hybridized carbons (Fsp3) is 0.267. The Labute approximate surface area is 125 Å². The average molecular weight is 305 g/mol. The summed E-state index contributed by atoms with van der Waals surface area (Å²) in [6.45, 7) is 5.46. The first kappa shape index (κ1) is 15.5. The number of pyridine rings is 1. The van der Waals surface area contributed by atoms with E-state index < -0.39 is 16.1 Å². The highest BCUT2D eigenvalue weighted by atomic mass is 32.2. The standard InChI is InChI=1S/C15H19N3O2S/c1-10-8-13(9-14(16)11(10)2)21(19,20)18-12(3)15-6-4-5-7-17-15/h4-9,12,18H,16H2,1-3H3. The highest BCUT2D eigenvalue weighted by Crippen LogP contribution is 2.22. The number of benzene rings is 1. The van der Waals surface area contributed by atoms with E-state index in [2.05, 4.69) is 9.71 Å². The number of aromatic nitrogens is 1. The van der Waals surface area contributed by atoms with Gasteiger partial charge in [0.1, 0.15) is 0 Å². The lowest BCUT2D eigenvalue weighted by atomic mass is 10.1. The third kappa shape index (κ3) is 3.40. The van der Waals surface area contributed by atoms with Crippen molar-refractivity contribution in [3.63, 3.8) is 0 Å². The molecule has 0 aliphatic carbocycles. The van der Waals surface area contributed by atoms with Crippen molar-refractivity contribution in [3.05, 3.63) is 53.3 Å². The Morgan fingerprint density at radius 3 is 2.52 bits per heavy atom. The van der Waals surface area contributed by atoms with E-state index in [0.29, 0.717) is 11.4 Å². The van der Waals surface area contributed by atoms with Crippen molar-refractivity contribution in [3.8, 4) is 0 Å². The number of sulfonamides is 1. The van der Waals surface area contributed by atoms with Gasteiger partial charge in [-0.3, -0.25) is 4.98 Å². The van der Waals surface area contributed by atoms with Crippen LogP contribution in [0.3, 0.4) is 0 Å².